The molecule has 19 heavy (non-hydrogen) atoms. The van der Waals surface area contributed by atoms with Gasteiger partial charge in [0.05, 0.1) is 0 Å². The smallest absolute Gasteiger partial charge is 0.303 e. The van der Waals surface area contributed by atoms with Crippen molar-refractivity contribution in [2.24, 2.45) is 5.92 Å². The second-order valence-corrected chi connectivity index (χ2v) is 5.71. The Kier molecular flexibility index (Phi) is 4.69. The van der Waals surface area contributed by atoms with Gasteiger partial charge in [0.2, 0.25) is 0 Å². The number of nitrogens with one attached hydrogen (secondary N) is 1. The van der Waals surface area contributed by atoms with E-state index in [1.54, 1.807) is 17.0 Å². The van der Waals surface area contributed by atoms with Crippen LogP contribution < -0.4 is 10.9 Å². The molecule has 0 bridgehead atoms. The van der Waals surface area contributed by atoms with Crippen molar-refractivity contribution >= 4 is 11.8 Å². The summed E-state index contributed by atoms with van der Waals surface area (Å²) < 4.78 is 1.60. The summed E-state index contributed by atoms with van der Waals surface area (Å²) in [6, 6.07) is 0. The number of hydrogen-bond acceptors (Lipinski definition) is 4. The summed E-state index contributed by atoms with van der Waals surface area (Å²) in [5.74, 6) is -0.654. The van der Waals surface area contributed by atoms with Gasteiger partial charge in [-0.25, -0.2) is 4.98 Å². The third-order valence-electron chi connectivity index (χ3n) is 2.70. The van der Waals surface area contributed by atoms with Crippen LogP contribution in [0.2, 0.25) is 0 Å². The van der Waals surface area contributed by atoms with Crippen molar-refractivity contribution in [3.8, 4) is 0 Å². The number of aromatic nitrogens is 2. The fourth-order valence-corrected chi connectivity index (χ4v) is 1.70. The van der Waals surface area contributed by atoms with Crippen molar-refractivity contribution in [1.82, 2.24) is 9.55 Å². The van der Waals surface area contributed by atoms with Crippen molar-refractivity contribution in [2.75, 3.05) is 11.9 Å². The maximum absolute atomic E-state index is 12.2. The molecular formula is C13H21N3O3. The van der Waals surface area contributed by atoms with Crippen LogP contribution in [0.1, 0.15) is 34.1 Å². The second-order valence-electron chi connectivity index (χ2n) is 5.71. The van der Waals surface area contributed by atoms with Crippen LogP contribution in [0.4, 0.5) is 5.82 Å². The Labute approximate surface area is 112 Å². The molecule has 0 radical (unpaired) electrons. The maximum atomic E-state index is 12.2. The molecule has 0 spiro atoms. The largest absolute Gasteiger partial charge is 0.481 e. The highest BCUT2D eigenvalue weighted by atomic mass is 16.4. The van der Waals surface area contributed by atoms with Gasteiger partial charge in [-0.1, -0.05) is 6.92 Å². The van der Waals surface area contributed by atoms with Gasteiger partial charge in [-0.05, 0) is 26.7 Å². The first-order valence-electron chi connectivity index (χ1n) is 6.25. The summed E-state index contributed by atoms with van der Waals surface area (Å²) in [7, 11) is 0. The van der Waals surface area contributed by atoms with E-state index < -0.39 is 5.97 Å². The predicted molar refractivity (Wildman–Crippen MR) is 73.4 cm³/mol. The number of rotatable bonds is 5. The average molecular weight is 267 g/mol. The van der Waals surface area contributed by atoms with Gasteiger partial charge in [-0.3, -0.25) is 9.59 Å². The van der Waals surface area contributed by atoms with Crippen molar-refractivity contribution in [3.63, 3.8) is 0 Å². The molecule has 1 aromatic rings. The Morgan fingerprint density at radius 2 is 2.16 bits per heavy atom. The summed E-state index contributed by atoms with van der Waals surface area (Å²) in [6.45, 7) is 8.02. The molecular weight excluding hydrogens is 246 g/mol. The lowest BCUT2D eigenvalue weighted by atomic mass is 10.1. The molecule has 0 fully saturated rings. The van der Waals surface area contributed by atoms with Crippen LogP contribution in [0.25, 0.3) is 0 Å². The monoisotopic (exact) mass is 267 g/mol. The van der Waals surface area contributed by atoms with Gasteiger partial charge in [0.25, 0.3) is 5.56 Å². The first kappa shape index (κ1) is 15.2. The van der Waals surface area contributed by atoms with Crippen LogP contribution in [-0.2, 0) is 10.3 Å². The van der Waals surface area contributed by atoms with Crippen LogP contribution in [0, 0.1) is 5.92 Å². The molecule has 0 aromatic carbocycles. The highest BCUT2D eigenvalue weighted by Gasteiger charge is 2.17. The third kappa shape index (κ3) is 4.39. The van der Waals surface area contributed by atoms with E-state index in [0.717, 1.165) is 0 Å². The fourth-order valence-electron chi connectivity index (χ4n) is 1.70. The number of anilines is 1. The van der Waals surface area contributed by atoms with E-state index in [0.29, 0.717) is 6.54 Å². The molecule has 0 aliphatic heterocycles. The minimum Gasteiger partial charge on any atom is -0.481 e. The number of carboxylic acids is 1. The van der Waals surface area contributed by atoms with E-state index in [2.05, 4.69) is 10.3 Å². The van der Waals surface area contributed by atoms with Gasteiger partial charge in [0.1, 0.15) is 0 Å². The predicted octanol–water partition coefficient (Wildman–Crippen LogP) is 1.52. The molecule has 1 unspecified atom stereocenters. The highest BCUT2D eigenvalue weighted by Crippen LogP contribution is 2.11. The Hall–Kier alpha value is -1.85. The third-order valence-corrected chi connectivity index (χ3v) is 2.70. The van der Waals surface area contributed by atoms with Gasteiger partial charge >= 0.3 is 5.97 Å². The lowest BCUT2D eigenvalue weighted by molar-refractivity contribution is -0.137. The Bertz CT molecular complexity index is 503. The average Bonchev–Trinajstić information content (AvgIpc) is 2.25. The summed E-state index contributed by atoms with van der Waals surface area (Å²) in [5, 5.41) is 11.6. The molecule has 0 aliphatic carbocycles. The highest BCUT2D eigenvalue weighted by molar-refractivity contribution is 5.67. The van der Waals surface area contributed by atoms with Gasteiger partial charge in [0.15, 0.2) is 5.82 Å². The standard InChI is InChI=1S/C13H21N3O3/c1-9(7-10(17)18)8-15-11-12(19)16(6-5-14-11)13(2,3)4/h5-6,9H,7-8H2,1-4H3,(H,14,15)(H,17,18). The van der Waals surface area contributed by atoms with E-state index in [9.17, 15) is 9.59 Å². The van der Waals surface area contributed by atoms with E-state index in [-0.39, 0.29) is 29.3 Å². The topological polar surface area (TPSA) is 84.2 Å². The summed E-state index contributed by atoms with van der Waals surface area (Å²) >= 11 is 0. The lowest BCUT2D eigenvalue weighted by Gasteiger charge is -2.22. The van der Waals surface area contributed by atoms with Gasteiger partial charge < -0.3 is 15.0 Å². The number of carboxylic acid groups (broad SMARTS) is 1. The van der Waals surface area contributed by atoms with E-state index in [4.69, 9.17) is 5.11 Å². The molecule has 0 saturated heterocycles. The zero-order valence-electron chi connectivity index (χ0n) is 11.8. The second kappa shape index (κ2) is 5.86. The fraction of sp³-hybridized carbons (Fsp3) is 0.615. The molecule has 106 valence electrons. The number of aliphatic carboxylic acids is 1. The normalized spacial score (nSPS) is 13.1. The maximum Gasteiger partial charge on any atom is 0.303 e. The van der Waals surface area contributed by atoms with Crippen LogP contribution in [0.5, 0.6) is 0 Å². The number of hydrogen-bond donors (Lipinski definition) is 2. The Balaban J connectivity index is 2.81. The Morgan fingerprint density at radius 1 is 1.53 bits per heavy atom. The first-order valence-corrected chi connectivity index (χ1v) is 6.25. The minimum absolute atomic E-state index is 0.0628. The van der Waals surface area contributed by atoms with E-state index in [1.165, 1.54) is 0 Å². The molecule has 2 N–H and O–H groups in total. The van der Waals surface area contributed by atoms with Crippen molar-refractivity contribution in [1.29, 1.82) is 0 Å². The summed E-state index contributed by atoms with van der Waals surface area (Å²) in [6.07, 6.45) is 3.28. The minimum atomic E-state index is -0.845. The molecule has 1 aromatic heterocycles. The van der Waals surface area contributed by atoms with E-state index in [1.807, 2.05) is 27.7 Å². The molecule has 0 amide bonds. The van der Waals surface area contributed by atoms with Gasteiger partial charge in [-0.2, -0.15) is 0 Å². The zero-order chi connectivity index (χ0) is 14.6. The van der Waals surface area contributed by atoms with E-state index >= 15 is 0 Å². The Morgan fingerprint density at radius 3 is 2.68 bits per heavy atom. The first-order chi connectivity index (χ1) is 8.71. The van der Waals surface area contributed by atoms with Crippen LogP contribution in [-0.4, -0.2) is 27.2 Å². The molecule has 1 atom stereocenters. The molecule has 1 heterocycles. The SMILES string of the molecule is CC(CNc1nccn(C(C)(C)C)c1=O)CC(=O)O. The van der Waals surface area contributed by atoms with Crippen molar-refractivity contribution in [2.45, 2.75) is 39.7 Å². The van der Waals surface area contributed by atoms with Crippen LogP contribution >= 0.6 is 0 Å². The molecule has 6 heteroatoms. The molecule has 0 aliphatic rings. The molecule has 0 saturated carbocycles. The van der Waals surface area contributed by atoms with Crippen LogP contribution in [0.3, 0.4) is 0 Å². The van der Waals surface area contributed by atoms with Crippen LogP contribution in [0.15, 0.2) is 17.2 Å². The van der Waals surface area contributed by atoms with Crippen molar-refractivity contribution in [3.05, 3.63) is 22.7 Å². The number of carbonyl (C=O) groups is 1. The zero-order valence-corrected chi connectivity index (χ0v) is 11.8. The molecule has 1 rings (SSSR count). The molecule has 6 nitrogen and oxygen atoms in total. The van der Waals surface area contributed by atoms with Gasteiger partial charge in [-0.15, -0.1) is 0 Å². The quantitative estimate of drug-likeness (QED) is 0.845. The summed E-state index contributed by atoms with van der Waals surface area (Å²) in [4.78, 5) is 26.7. The van der Waals surface area contributed by atoms with Gasteiger partial charge in [0, 0.05) is 30.9 Å². The van der Waals surface area contributed by atoms with Crippen molar-refractivity contribution < 1.29 is 9.90 Å². The summed E-state index contributed by atoms with van der Waals surface area (Å²) in [5.41, 5.74) is -0.513. The number of nitrogens with zero attached hydrogens (tertiary/aromatic N) is 2. The lowest BCUT2D eigenvalue weighted by Crippen LogP contribution is -2.35.